The smallest absolute Gasteiger partial charge is 0.321 e. The molecule has 3 rings (SSSR count). The molecule has 1 heterocycles. The van der Waals surface area contributed by atoms with Crippen LogP contribution in [0.5, 0.6) is 0 Å². The minimum Gasteiger partial charge on any atom is -0.377 e. The van der Waals surface area contributed by atoms with Crippen LogP contribution in [0, 0.1) is 0 Å². The molecule has 0 saturated carbocycles. The number of nitrogens with one attached hydrogen (secondary N) is 2. The van der Waals surface area contributed by atoms with Crippen LogP contribution in [0.25, 0.3) is 0 Å². The highest BCUT2D eigenvalue weighted by atomic mass is 16.5. The Morgan fingerprint density at radius 1 is 1.11 bits per heavy atom. The summed E-state index contributed by atoms with van der Waals surface area (Å²) < 4.78 is 5.57. The van der Waals surface area contributed by atoms with Gasteiger partial charge in [0.2, 0.25) is 0 Å². The predicted molar refractivity (Wildman–Crippen MR) is 110 cm³/mol. The molecule has 6 heteroatoms. The molecule has 1 aliphatic rings. The fourth-order valence-corrected chi connectivity index (χ4v) is 3.15. The Hall–Kier alpha value is -2.86. The summed E-state index contributed by atoms with van der Waals surface area (Å²) in [5.41, 5.74) is 2.43. The summed E-state index contributed by atoms with van der Waals surface area (Å²) in [6, 6.07) is 16.8. The van der Waals surface area contributed by atoms with E-state index in [0.29, 0.717) is 37.5 Å². The number of anilines is 1. The van der Waals surface area contributed by atoms with Crippen LogP contribution in [0.15, 0.2) is 54.6 Å². The summed E-state index contributed by atoms with van der Waals surface area (Å²) in [6.45, 7) is 4.48. The molecule has 0 aromatic heterocycles. The second-order valence-corrected chi connectivity index (χ2v) is 6.98. The van der Waals surface area contributed by atoms with Crippen LogP contribution in [0.4, 0.5) is 10.5 Å². The largest absolute Gasteiger partial charge is 0.377 e. The van der Waals surface area contributed by atoms with Gasteiger partial charge in [0.25, 0.3) is 5.91 Å². The zero-order chi connectivity index (χ0) is 19.8. The Labute approximate surface area is 165 Å². The number of nitrogens with zero attached hydrogens (tertiary/aromatic N) is 1. The fraction of sp³-hybridized carbons (Fsp3) is 0.364. The minimum absolute atomic E-state index is 0.0372. The molecule has 3 amide bonds. The van der Waals surface area contributed by atoms with Crippen molar-refractivity contribution in [2.45, 2.75) is 25.9 Å². The summed E-state index contributed by atoms with van der Waals surface area (Å²) in [5, 5.41) is 5.81. The summed E-state index contributed by atoms with van der Waals surface area (Å²) >= 11 is 0. The van der Waals surface area contributed by atoms with Crippen LogP contribution in [0.2, 0.25) is 0 Å². The SMILES string of the molecule is C[C@H]1CN(C(=O)Nc2ccc(C(=O)NCCc3ccccc3)cc2)CCCO1. The molecular formula is C22H27N3O3. The highest BCUT2D eigenvalue weighted by Crippen LogP contribution is 2.12. The lowest BCUT2D eigenvalue weighted by atomic mass is 10.1. The number of urea groups is 1. The Morgan fingerprint density at radius 3 is 2.61 bits per heavy atom. The summed E-state index contributed by atoms with van der Waals surface area (Å²) in [7, 11) is 0. The summed E-state index contributed by atoms with van der Waals surface area (Å²) in [5.74, 6) is -0.118. The third-order valence-electron chi connectivity index (χ3n) is 4.68. The van der Waals surface area contributed by atoms with Gasteiger partial charge >= 0.3 is 6.03 Å². The third-order valence-corrected chi connectivity index (χ3v) is 4.68. The molecule has 0 unspecified atom stereocenters. The first-order valence-corrected chi connectivity index (χ1v) is 9.71. The van der Waals surface area contributed by atoms with Crippen molar-refractivity contribution in [2.24, 2.45) is 0 Å². The lowest BCUT2D eigenvalue weighted by Gasteiger charge is -2.22. The molecule has 6 nitrogen and oxygen atoms in total. The topological polar surface area (TPSA) is 70.7 Å². The van der Waals surface area contributed by atoms with Crippen molar-refractivity contribution in [1.82, 2.24) is 10.2 Å². The molecule has 1 atom stereocenters. The number of rotatable bonds is 5. The number of carbonyl (C=O) groups excluding carboxylic acids is 2. The van der Waals surface area contributed by atoms with Gasteiger partial charge in [-0.3, -0.25) is 4.79 Å². The molecule has 1 aliphatic heterocycles. The highest BCUT2D eigenvalue weighted by molar-refractivity contribution is 5.95. The van der Waals surface area contributed by atoms with E-state index in [2.05, 4.69) is 10.6 Å². The average Bonchev–Trinajstić information content (AvgIpc) is 2.94. The Balaban J connectivity index is 1.48. The van der Waals surface area contributed by atoms with E-state index in [1.165, 1.54) is 5.56 Å². The molecule has 0 bridgehead atoms. The highest BCUT2D eigenvalue weighted by Gasteiger charge is 2.19. The Morgan fingerprint density at radius 2 is 1.86 bits per heavy atom. The first-order chi connectivity index (χ1) is 13.6. The second-order valence-electron chi connectivity index (χ2n) is 6.98. The van der Waals surface area contributed by atoms with E-state index in [-0.39, 0.29) is 18.0 Å². The minimum atomic E-state index is -0.141. The van der Waals surface area contributed by atoms with Crippen LogP contribution in [-0.4, -0.2) is 49.2 Å². The van der Waals surface area contributed by atoms with E-state index >= 15 is 0 Å². The lowest BCUT2D eigenvalue weighted by molar-refractivity contribution is 0.0718. The van der Waals surface area contributed by atoms with Gasteiger partial charge < -0.3 is 20.3 Å². The van der Waals surface area contributed by atoms with E-state index < -0.39 is 0 Å². The number of amides is 3. The van der Waals surface area contributed by atoms with Gasteiger partial charge in [0.05, 0.1) is 6.10 Å². The van der Waals surface area contributed by atoms with Crippen LogP contribution < -0.4 is 10.6 Å². The first kappa shape index (κ1) is 19.9. The van der Waals surface area contributed by atoms with Crippen molar-refractivity contribution in [3.8, 4) is 0 Å². The quantitative estimate of drug-likeness (QED) is 0.835. The standard InChI is InChI=1S/C22H27N3O3/c1-17-16-25(14-5-15-28-17)22(27)24-20-10-8-19(9-11-20)21(26)23-13-12-18-6-3-2-4-7-18/h2-4,6-11,17H,5,12-16H2,1H3,(H,23,26)(H,24,27)/t17-/m0/s1. The van der Waals surface area contributed by atoms with E-state index in [1.807, 2.05) is 37.3 Å². The van der Waals surface area contributed by atoms with Crippen molar-refractivity contribution < 1.29 is 14.3 Å². The lowest BCUT2D eigenvalue weighted by Crippen LogP contribution is -2.38. The number of benzene rings is 2. The van der Waals surface area contributed by atoms with E-state index in [0.717, 1.165) is 12.8 Å². The summed E-state index contributed by atoms with van der Waals surface area (Å²) in [4.78, 5) is 26.5. The van der Waals surface area contributed by atoms with Crippen molar-refractivity contribution in [3.05, 3.63) is 65.7 Å². The maximum atomic E-state index is 12.4. The number of hydrogen-bond acceptors (Lipinski definition) is 3. The molecule has 2 aromatic carbocycles. The van der Waals surface area contributed by atoms with Crippen molar-refractivity contribution in [3.63, 3.8) is 0 Å². The van der Waals surface area contributed by atoms with Gasteiger partial charge in [0, 0.05) is 37.5 Å². The van der Waals surface area contributed by atoms with Crippen molar-refractivity contribution >= 4 is 17.6 Å². The van der Waals surface area contributed by atoms with Gasteiger partial charge in [-0.15, -0.1) is 0 Å². The normalized spacial score (nSPS) is 16.9. The zero-order valence-electron chi connectivity index (χ0n) is 16.2. The monoisotopic (exact) mass is 381 g/mol. The molecule has 0 aliphatic carbocycles. The van der Waals surface area contributed by atoms with Crippen molar-refractivity contribution in [1.29, 1.82) is 0 Å². The average molecular weight is 381 g/mol. The molecule has 2 aromatic rings. The molecule has 1 fully saturated rings. The van der Waals surface area contributed by atoms with Crippen LogP contribution >= 0.6 is 0 Å². The van der Waals surface area contributed by atoms with Crippen molar-refractivity contribution in [2.75, 3.05) is 31.6 Å². The molecule has 148 valence electrons. The van der Waals surface area contributed by atoms with Gasteiger partial charge in [-0.1, -0.05) is 30.3 Å². The summed E-state index contributed by atoms with van der Waals surface area (Å²) in [6.07, 6.45) is 1.66. The van der Waals surface area contributed by atoms with Gasteiger partial charge in [0.1, 0.15) is 0 Å². The molecule has 28 heavy (non-hydrogen) atoms. The van der Waals surface area contributed by atoms with Gasteiger partial charge in [0.15, 0.2) is 0 Å². The molecule has 0 radical (unpaired) electrons. The van der Waals surface area contributed by atoms with Crippen LogP contribution in [0.1, 0.15) is 29.3 Å². The number of carbonyl (C=O) groups is 2. The maximum Gasteiger partial charge on any atom is 0.321 e. The Bertz CT molecular complexity index is 777. The number of hydrogen-bond donors (Lipinski definition) is 2. The van der Waals surface area contributed by atoms with Gasteiger partial charge in [-0.05, 0) is 49.6 Å². The van der Waals surface area contributed by atoms with Crippen LogP contribution in [0.3, 0.4) is 0 Å². The maximum absolute atomic E-state index is 12.4. The van der Waals surface area contributed by atoms with E-state index in [4.69, 9.17) is 4.74 Å². The second kappa shape index (κ2) is 9.90. The van der Waals surface area contributed by atoms with Crippen LogP contribution in [-0.2, 0) is 11.2 Å². The fourth-order valence-electron chi connectivity index (χ4n) is 3.15. The van der Waals surface area contributed by atoms with E-state index in [1.54, 1.807) is 29.2 Å². The third kappa shape index (κ3) is 5.82. The molecule has 2 N–H and O–H groups in total. The Kier molecular flexibility index (Phi) is 7.03. The zero-order valence-corrected chi connectivity index (χ0v) is 16.2. The number of ether oxygens (including phenoxy) is 1. The predicted octanol–water partition coefficient (Wildman–Crippen LogP) is 3.30. The molecule has 0 spiro atoms. The molecule has 1 saturated heterocycles. The molecular weight excluding hydrogens is 354 g/mol. The van der Waals surface area contributed by atoms with Gasteiger partial charge in [-0.2, -0.15) is 0 Å². The van der Waals surface area contributed by atoms with E-state index in [9.17, 15) is 9.59 Å². The first-order valence-electron chi connectivity index (χ1n) is 9.71. The van der Waals surface area contributed by atoms with Gasteiger partial charge in [-0.25, -0.2) is 4.79 Å².